The Kier molecular flexibility index (Phi) is 5.66. The Morgan fingerprint density at radius 1 is 1.23 bits per heavy atom. The minimum atomic E-state index is -0.490. The van der Waals surface area contributed by atoms with Gasteiger partial charge in [-0.25, -0.2) is 4.79 Å². The Bertz CT molecular complexity index is 945. The summed E-state index contributed by atoms with van der Waals surface area (Å²) in [5.41, 5.74) is 1.43. The van der Waals surface area contributed by atoms with E-state index in [4.69, 9.17) is 4.74 Å². The van der Waals surface area contributed by atoms with Crippen LogP contribution in [0.25, 0.3) is 5.65 Å². The van der Waals surface area contributed by atoms with Crippen molar-refractivity contribution in [1.29, 1.82) is 0 Å². The third-order valence-corrected chi connectivity index (χ3v) is 5.73. The second-order valence-corrected chi connectivity index (χ2v) is 9.39. The number of carbonyl (C=O) groups is 1. The maximum absolute atomic E-state index is 12.2. The number of amides is 1. The van der Waals surface area contributed by atoms with Gasteiger partial charge in [0.25, 0.3) is 0 Å². The van der Waals surface area contributed by atoms with Crippen molar-refractivity contribution < 1.29 is 9.53 Å². The summed E-state index contributed by atoms with van der Waals surface area (Å²) >= 11 is 0. The molecule has 0 aromatic carbocycles. The number of nitrogens with one attached hydrogen (secondary N) is 1. The van der Waals surface area contributed by atoms with Crippen LogP contribution in [0.4, 0.5) is 4.79 Å². The molecule has 0 bridgehead atoms. The highest BCUT2D eigenvalue weighted by Gasteiger charge is 2.29. The number of alkyl carbamates (subject to hydrolysis) is 1. The molecule has 8 nitrogen and oxygen atoms in total. The molecular formula is C22H32N6O2. The van der Waals surface area contributed by atoms with E-state index in [0.29, 0.717) is 0 Å². The fourth-order valence-electron chi connectivity index (χ4n) is 4.39. The number of aromatic nitrogens is 3. The minimum Gasteiger partial charge on any atom is -0.444 e. The van der Waals surface area contributed by atoms with E-state index >= 15 is 0 Å². The van der Waals surface area contributed by atoms with E-state index in [-0.39, 0.29) is 18.1 Å². The second-order valence-electron chi connectivity index (χ2n) is 9.39. The number of carbonyl (C=O) groups excluding carboxylic acids is 1. The van der Waals surface area contributed by atoms with Crippen LogP contribution in [0.1, 0.15) is 70.2 Å². The molecule has 1 fully saturated rings. The predicted molar refractivity (Wildman–Crippen MR) is 116 cm³/mol. The Morgan fingerprint density at radius 2 is 2.07 bits per heavy atom. The first-order valence-electron chi connectivity index (χ1n) is 10.9. The van der Waals surface area contributed by atoms with E-state index in [9.17, 15) is 4.79 Å². The molecule has 30 heavy (non-hydrogen) atoms. The van der Waals surface area contributed by atoms with Crippen molar-refractivity contribution in [2.45, 2.75) is 70.4 Å². The molecule has 1 aliphatic carbocycles. The average Bonchev–Trinajstić information content (AvgIpc) is 3.10. The first-order chi connectivity index (χ1) is 14.3. The maximum atomic E-state index is 12.2. The number of ether oxygens (including phenoxy) is 1. The highest BCUT2D eigenvalue weighted by atomic mass is 16.6. The molecule has 162 valence electrons. The quantitative estimate of drug-likeness (QED) is 0.836. The number of pyridine rings is 1. The number of nitrogens with zero attached hydrogens (tertiary/aromatic N) is 5. The topological polar surface area (TPSA) is 84.1 Å². The third-order valence-electron chi connectivity index (χ3n) is 5.73. The second kappa shape index (κ2) is 8.24. The molecule has 1 amide bonds. The normalized spacial score (nSPS) is 22.7. The lowest BCUT2D eigenvalue weighted by Gasteiger charge is -2.30. The molecule has 1 aliphatic heterocycles. The van der Waals surface area contributed by atoms with Crippen molar-refractivity contribution in [2.24, 2.45) is 4.99 Å². The summed E-state index contributed by atoms with van der Waals surface area (Å²) in [6, 6.07) is 4.26. The van der Waals surface area contributed by atoms with Crippen molar-refractivity contribution in [3.8, 4) is 0 Å². The predicted octanol–water partition coefficient (Wildman–Crippen LogP) is 3.36. The molecule has 2 aromatic heterocycles. The number of aliphatic imine (C=N–C) groups is 1. The lowest BCUT2D eigenvalue weighted by molar-refractivity contribution is 0.0490. The van der Waals surface area contributed by atoms with Gasteiger partial charge in [0.1, 0.15) is 17.3 Å². The molecule has 2 aliphatic rings. The van der Waals surface area contributed by atoms with Crippen molar-refractivity contribution in [3.05, 3.63) is 29.7 Å². The van der Waals surface area contributed by atoms with E-state index < -0.39 is 5.60 Å². The van der Waals surface area contributed by atoms with Gasteiger partial charge < -0.3 is 15.0 Å². The molecule has 0 unspecified atom stereocenters. The van der Waals surface area contributed by atoms with Crippen LogP contribution in [0.15, 0.2) is 23.3 Å². The Morgan fingerprint density at radius 3 is 2.83 bits per heavy atom. The van der Waals surface area contributed by atoms with Gasteiger partial charge in [-0.05, 0) is 58.6 Å². The summed E-state index contributed by atoms with van der Waals surface area (Å²) in [6.45, 7) is 7.53. The fraction of sp³-hybridized carbons (Fsp3) is 0.636. The Labute approximate surface area is 177 Å². The van der Waals surface area contributed by atoms with E-state index in [1.165, 1.54) is 0 Å². The van der Waals surface area contributed by atoms with Gasteiger partial charge in [0.05, 0.1) is 0 Å². The van der Waals surface area contributed by atoms with Crippen molar-refractivity contribution in [1.82, 2.24) is 24.8 Å². The molecule has 4 rings (SSSR count). The molecule has 1 N–H and O–H groups in total. The third kappa shape index (κ3) is 4.57. The molecule has 2 atom stereocenters. The first kappa shape index (κ1) is 20.6. The van der Waals surface area contributed by atoms with Crippen LogP contribution >= 0.6 is 0 Å². The summed E-state index contributed by atoms with van der Waals surface area (Å²) in [5, 5.41) is 12.0. The van der Waals surface area contributed by atoms with Crippen molar-refractivity contribution in [2.75, 3.05) is 20.1 Å². The molecule has 3 heterocycles. The molecule has 2 aromatic rings. The average molecular weight is 413 g/mol. The van der Waals surface area contributed by atoms with Crippen LogP contribution in [0, 0.1) is 0 Å². The van der Waals surface area contributed by atoms with Crippen LogP contribution in [-0.2, 0) is 4.74 Å². The lowest BCUT2D eigenvalue weighted by atomic mass is 9.85. The zero-order chi connectivity index (χ0) is 21.3. The summed E-state index contributed by atoms with van der Waals surface area (Å²) < 4.78 is 7.49. The first-order valence-corrected chi connectivity index (χ1v) is 10.9. The standard InChI is InChI=1S/C22H32N6O2/c1-22(2,3)30-21(29)24-17-8-5-7-15(13-17)20-26-25-18-14-16(9-12-28(18)20)19-23-10-6-11-27(19)4/h9,12,14-15,17H,5-8,10-11,13H2,1-4H3,(H,24,29)/t15-,17+/m0/s1. The maximum Gasteiger partial charge on any atom is 0.407 e. The Balaban J connectivity index is 1.49. The van der Waals surface area contributed by atoms with E-state index in [0.717, 1.165) is 68.1 Å². The van der Waals surface area contributed by atoms with Gasteiger partial charge in [-0.2, -0.15) is 0 Å². The summed E-state index contributed by atoms with van der Waals surface area (Å²) in [6.07, 6.45) is 6.69. The van der Waals surface area contributed by atoms with Gasteiger partial charge in [0.15, 0.2) is 5.65 Å². The summed E-state index contributed by atoms with van der Waals surface area (Å²) in [4.78, 5) is 19.0. The number of fused-ring (bicyclic) bond motifs is 1. The van der Waals surface area contributed by atoms with E-state index in [1.54, 1.807) is 0 Å². The lowest BCUT2D eigenvalue weighted by Crippen LogP contribution is -2.41. The summed E-state index contributed by atoms with van der Waals surface area (Å²) in [7, 11) is 2.08. The zero-order valence-electron chi connectivity index (χ0n) is 18.4. The van der Waals surface area contributed by atoms with E-state index in [1.807, 2.05) is 20.8 Å². The fourth-order valence-corrected chi connectivity index (χ4v) is 4.39. The smallest absolute Gasteiger partial charge is 0.407 e. The van der Waals surface area contributed by atoms with Gasteiger partial charge in [-0.15, -0.1) is 10.2 Å². The van der Waals surface area contributed by atoms with Crippen LogP contribution in [0.2, 0.25) is 0 Å². The molecule has 0 spiro atoms. The molecule has 1 saturated carbocycles. The van der Waals surface area contributed by atoms with Crippen molar-refractivity contribution >= 4 is 17.6 Å². The molecule has 8 heteroatoms. The van der Waals surface area contributed by atoms with Crippen LogP contribution in [-0.4, -0.2) is 63.2 Å². The van der Waals surface area contributed by atoms with Gasteiger partial charge in [0.2, 0.25) is 0 Å². The molecular weight excluding hydrogens is 380 g/mol. The van der Waals surface area contributed by atoms with Gasteiger partial charge in [-0.1, -0.05) is 6.42 Å². The van der Waals surface area contributed by atoms with Crippen molar-refractivity contribution in [3.63, 3.8) is 0 Å². The minimum absolute atomic E-state index is 0.0930. The van der Waals surface area contributed by atoms with Gasteiger partial charge in [-0.3, -0.25) is 9.39 Å². The van der Waals surface area contributed by atoms with Crippen LogP contribution in [0.3, 0.4) is 0 Å². The number of hydrogen-bond acceptors (Lipinski definition) is 6. The SMILES string of the molecule is CN1CCCN=C1c1ccn2c([C@H]3CCC[C@@H](NC(=O)OC(C)(C)C)C3)nnc2c1. The van der Waals surface area contributed by atoms with E-state index in [2.05, 4.69) is 55.2 Å². The monoisotopic (exact) mass is 412 g/mol. The highest BCUT2D eigenvalue weighted by molar-refractivity contribution is 5.99. The van der Waals surface area contributed by atoms with Gasteiger partial charge in [0, 0.05) is 43.9 Å². The largest absolute Gasteiger partial charge is 0.444 e. The molecule has 0 radical (unpaired) electrons. The zero-order valence-corrected chi connectivity index (χ0v) is 18.4. The van der Waals surface area contributed by atoms with Crippen LogP contribution in [0.5, 0.6) is 0 Å². The van der Waals surface area contributed by atoms with Crippen LogP contribution < -0.4 is 5.32 Å². The number of hydrogen-bond donors (Lipinski definition) is 1. The highest BCUT2D eigenvalue weighted by Crippen LogP contribution is 2.32. The summed E-state index contributed by atoms with van der Waals surface area (Å²) in [5.74, 6) is 2.24. The Hall–Kier alpha value is -2.64. The van der Waals surface area contributed by atoms with Gasteiger partial charge >= 0.3 is 6.09 Å². The number of amidine groups is 1. The molecule has 0 saturated heterocycles. The number of rotatable bonds is 3.